The lowest BCUT2D eigenvalue weighted by Crippen LogP contribution is -2.49. The zero-order valence-electron chi connectivity index (χ0n) is 11.7. The number of nitrogens with zero attached hydrogens (tertiary/aromatic N) is 1. The summed E-state index contributed by atoms with van der Waals surface area (Å²) in [5.74, 6) is -0.292. The van der Waals surface area contributed by atoms with Crippen molar-refractivity contribution >= 4 is 17.6 Å². The van der Waals surface area contributed by atoms with Crippen molar-refractivity contribution in [2.75, 3.05) is 18.6 Å². The monoisotopic (exact) mass is 280 g/mol. The van der Waals surface area contributed by atoms with Gasteiger partial charge in [-0.3, -0.25) is 15.0 Å². The molecule has 0 spiro atoms. The lowest BCUT2D eigenvalue weighted by atomic mass is 10.0. The molecular formula is C14H17FN2O3. The number of imide groups is 1. The number of benzene rings is 1. The largest absolute Gasteiger partial charge is 0.495 e. The molecule has 0 saturated carbocycles. The van der Waals surface area contributed by atoms with Crippen LogP contribution in [-0.2, 0) is 4.79 Å². The van der Waals surface area contributed by atoms with Crippen molar-refractivity contribution in [3.8, 4) is 5.75 Å². The van der Waals surface area contributed by atoms with Gasteiger partial charge in [-0.05, 0) is 17.5 Å². The zero-order valence-corrected chi connectivity index (χ0v) is 11.7. The predicted octanol–water partition coefficient (Wildman–Crippen LogP) is 2.40. The number of halogens is 1. The average molecular weight is 280 g/mol. The van der Waals surface area contributed by atoms with Gasteiger partial charge in [0.25, 0.3) is 0 Å². The van der Waals surface area contributed by atoms with E-state index in [-0.39, 0.29) is 30.6 Å². The highest BCUT2D eigenvalue weighted by Crippen LogP contribution is 2.34. The maximum absolute atomic E-state index is 14.1. The second kappa shape index (κ2) is 5.48. The van der Waals surface area contributed by atoms with E-state index in [1.54, 1.807) is 6.07 Å². The highest BCUT2D eigenvalue weighted by molar-refractivity contribution is 6.06. The molecule has 1 aliphatic rings. The Morgan fingerprint density at radius 1 is 1.35 bits per heavy atom. The number of rotatable bonds is 3. The van der Waals surface area contributed by atoms with Crippen LogP contribution in [0.2, 0.25) is 0 Å². The number of anilines is 1. The topological polar surface area (TPSA) is 58.6 Å². The summed E-state index contributed by atoms with van der Waals surface area (Å²) in [6.45, 7) is 3.97. The first-order chi connectivity index (χ1) is 9.43. The van der Waals surface area contributed by atoms with Crippen LogP contribution in [0.3, 0.4) is 0 Å². The van der Waals surface area contributed by atoms with Gasteiger partial charge in [0, 0.05) is 19.0 Å². The number of carbonyl (C=O) groups excluding carboxylic acids is 2. The quantitative estimate of drug-likeness (QED) is 0.925. The van der Waals surface area contributed by atoms with Crippen LogP contribution in [0, 0.1) is 5.82 Å². The summed E-state index contributed by atoms with van der Waals surface area (Å²) in [6.07, 6.45) is 0.183. The molecule has 0 aromatic heterocycles. The Bertz CT molecular complexity index is 558. The first-order valence-electron chi connectivity index (χ1n) is 6.42. The van der Waals surface area contributed by atoms with Crippen LogP contribution >= 0.6 is 0 Å². The summed E-state index contributed by atoms with van der Waals surface area (Å²) in [7, 11) is 1.47. The lowest BCUT2D eigenvalue weighted by molar-refractivity contribution is -0.120. The Kier molecular flexibility index (Phi) is 3.92. The van der Waals surface area contributed by atoms with E-state index < -0.39 is 6.03 Å². The molecule has 0 unspecified atom stereocenters. The van der Waals surface area contributed by atoms with Gasteiger partial charge in [0.1, 0.15) is 11.6 Å². The molecule has 2 rings (SSSR count). The van der Waals surface area contributed by atoms with E-state index in [1.807, 2.05) is 13.8 Å². The Morgan fingerprint density at radius 3 is 2.60 bits per heavy atom. The number of carbonyl (C=O) groups is 2. The number of urea groups is 1. The van der Waals surface area contributed by atoms with Crippen molar-refractivity contribution < 1.29 is 18.7 Å². The van der Waals surface area contributed by atoms with Crippen LogP contribution in [0.5, 0.6) is 5.75 Å². The molecule has 1 aliphatic heterocycles. The molecule has 5 nitrogen and oxygen atoms in total. The van der Waals surface area contributed by atoms with E-state index in [2.05, 4.69) is 5.32 Å². The van der Waals surface area contributed by atoms with Gasteiger partial charge in [0.15, 0.2) is 0 Å². The Balaban J connectivity index is 2.43. The van der Waals surface area contributed by atoms with Crippen LogP contribution in [0.4, 0.5) is 14.9 Å². The molecule has 0 aliphatic carbocycles. The van der Waals surface area contributed by atoms with E-state index >= 15 is 0 Å². The normalized spacial score (nSPS) is 15.6. The second-order valence-electron chi connectivity index (χ2n) is 4.96. The minimum absolute atomic E-state index is 0.00899. The number of amides is 3. The molecule has 1 saturated heterocycles. The van der Waals surface area contributed by atoms with Crippen LogP contribution in [0.25, 0.3) is 0 Å². The first-order valence-corrected chi connectivity index (χ1v) is 6.42. The molecule has 108 valence electrons. The molecule has 20 heavy (non-hydrogen) atoms. The minimum atomic E-state index is -0.559. The second-order valence-corrected chi connectivity index (χ2v) is 4.96. The van der Waals surface area contributed by atoms with Crippen LogP contribution in [0.15, 0.2) is 12.1 Å². The smallest absolute Gasteiger partial charge is 0.328 e. The Hall–Kier alpha value is -2.11. The van der Waals surface area contributed by atoms with E-state index in [9.17, 15) is 14.0 Å². The van der Waals surface area contributed by atoms with Crippen LogP contribution in [-0.4, -0.2) is 25.6 Å². The SMILES string of the molecule is COc1cc(C(C)C)c(F)cc1N1CCC(=O)NC1=O. The van der Waals surface area contributed by atoms with Gasteiger partial charge in [-0.25, -0.2) is 9.18 Å². The van der Waals surface area contributed by atoms with Gasteiger partial charge in [0.2, 0.25) is 5.91 Å². The summed E-state index contributed by atoms with van der Waals surface area (Å²) in [5, 5.41) is 2.21. The molecule has 0 atom stereocenters. The number of methoxy groups -OCH3 is 1. The predicted molar refractivity (Wildman–Crippen MR) is 72.5 cm³/mol. The summed E-state index contributed by atoms with van der Waals surface area (Å²) >= 11 is 0. The highest BCUT2D eigenvalue weighted by atomic mass is 19.1. The van der Waals surface area contributed by atoms with Gasteiger partial charge < -0.3 is 4.74 Å². The van der Waals surface area contributed by atoms with E-state index in [1.165, 1.54) is 18.1 Å². The lowest BCUT2D eigenvalue weighted by Gasteiger charge is -2.28. The van der Waals surface area contributed by atoms with Gasteiger partial charge in [-0.15, -0.1) is 0 Å². The molecule has 1 aromatic carbocycles. The summed E-state index contributed by atoms with van der Waals surface area (Å²) in [5.41, 5.74) is 0.860. The van der Waals surface area contributed by atoms with E-state index in [0.717, 1.165) is 0 Å². The maximum Gasteiger partial charge on any atom is 0.328 e. The summed E-state index contributed by atoms with van der Waals surface area (Å²) < 4.78 is 19.3. The molecular weight excluding hydrogens is 263 g/mol. The van der Waals surface area contributed by atoms with Crippen molar-refractivity contribution in [3.05, 3.63) is 23.5 Å². The van der Waals surface area contributed by atoms with Gasteiger partial charge in [0.05, 0.1) is 12.8 Å². The fraction of sp³-hybridized carbons (Fsp3) is 0.429. The van der Waals surface area contributed by atoms with Crippen molar-refractivity contribution in [2.45, 2.75) is 26.2 Å². The number of hydrogen-bond donors (Lipinski definition) is 1. The third-order valence-electron chi connectivity index (χ3n) is 3.26. The van der Waals surface area contributed by atoms with Gasteiger partial charge >= 0.3 is 6.03 Å². The van der Waals surface area contributed by atoms with Crippen LogP contribution < -0.4 is 15.0 Å². The molecule has 6 heteroatoms. The molecule has 3 amide bonds. The summed E-state index contributed by atoms with van der Waals surface area (Å²) in [4.78, 5) is 24.3. The van der Waals surface area contributed by atoms with E-state index in [0.29, 0.717) is 17.0 Å². The number of ether oxygens (including phenoxy) is 1. The molecule has 1 heterocycles. The number of hydrogen-bond acceptors (Lipinski definition) is 3. The first kappa shape index (κ1) is 14.3. The molecule has 0 bridgehead atoms. The summed E-state index contributed by atoms with van der Waals surface area (Å²) in [6, 6.07) is 2.32. The van der Waals surface area contributed by atoms with Crippen molar-refractivity contribution in [1.29, 1.82) is 0 Å². The molecule has 1 N–H and O–H groups in total. The van der Waals surface area contributed by atoms with Crippen molar-refractivity contribution in [3.63, 3.8) is 0 Å². The minimum Gasteiger partial charge on any atom is -0.495 e. The molecule has 0 radical (unpaired) electrons. The number of nitrogens with one attached hydrogen (secondary N) is 1. The Labute approximate surface area is 116 Å². The van der Waals surface area contributed by atoms with Crippen LogP contribution in [0.1, 0.15) is 31.7 Å². The van der Waals surface area contributed by atoms with E-state index in [4.69, 9.17) is 4.74 Å². The third-order valence-corrected chi connectivity index (χ3v) is 3.26. The highest BCUT2D eigenvalue weighted by Gasteiger charge is 2.27. The fourth-order valence-electron chi connectivity index (χ4n) is 2.17. The van der Waals surface area contributed by atoms with Crippen molar-refractivity contribution in [1.82, 2.24) is 5.32 Å². The fourth-order valence-corrected chi connectivity index (χ4v) is 2.17. The van der Waals surface area contributed by atoms with Crippen molar-refractivity contribution in [2.24, 2.45) is 0 Å². The van der Waals surface area contributed by atoms with Gasteiger partial charge in [-0.2, -0.15) is 0 Å². The third kappa shape index (κ3) is 2.59. The average Bonchev–Trinajstić information content (AvgIpc) is 2.38. The van der Waals surface area contributed by atoms with Gasteiger partial charge in [-0.1, -0.05) is 13.8 Å². The molecule has 1 aromatic rings. The maximum atomic E-state index is 14.1. The standard InChI is InChI=1S/C14H17FN2O3/c1-8(2)9-6-12(20-3)11(7-10(9)15)17-5-4-13(18)16-14(17)19/h6-8H,4-5H2,1-3H3,(H,16,18,19). The zero-order chi connectivity index (χ0) is 14.9. The Morgan fingerprint density at radius 2 is 2.05 bits per heavy atom. The molecule has 1 fully saturated rings.